The lowest BCUT2D eigenvalue weighted by molar-refractivity contribution is -0.141. The lowest BCUT2D eigenvalue weighted by Gasteiger charge is -2.32. The normalized spacial score (nSPS) is 11.3. The third kappa shape index (κ3) is 6.87. The maximum absolute atomic E-state index is 13.8. The number of carbonyl (C=O) groups is 2. The number of ether oxygens (including phenoxy) is 2. The van der Waals surface area contributed by atoms with Gasteiger partial charge < -0.3 is 19.7 Å². The van der Waals surface area contributed by atoms with Crippen molar-refractivity contribution in [2.24, 2.45) is 0 Å². The summed E-state index contributed by atoms with van der Waals surface area (Å²) in [5.41, 5.74) is 2.31. The van der Waals surface area contributed by atoms with Gasteiger partial charge in [0.1, 0.15) is 6.04 Å². The van der Waals surface area contributed by atoms with Gasteiger partial charge in [-0.3, -0.25) is 9.59 Å². The molecule has 182 valence electrons. The molecule has 0 saturated heterocycles. The van der Waals surface area contributed by atoms with Crippen molar-refractivity contribution in [2.45, 2.75) is 19.0 Å². The van der Waals surface area contributed by atoms with Crippen LogP contribution in [0.4, 0.5) is 0 Å². The van der Waals surface area contributed by atoms with Crippen LogP contribution in [0, 0.1) is 0 Å². The maximum atomic E-state index is 13.8. The number of nitrogens with zero attached hydrogens (tertiary/aromatic N) is 1. The summed E-state index contributed by atoms with van der Waals surface area (Å²) < 4.78 is 10.7. The summed E-state index contributed by atoms with van der Waals surface area (Å²) in [6.07, 6.45) is 1.68. The van der Waals surface area contributed by atoms with E-state index in [1.165, 1.54) is 0 Å². The molecule has 0 bridgehead atoms. The molecule has 0 aliphatic carbocycles. The van der Waals surface area contributed by atoms with E-state index in [9.17, 15) is 9.59 Å². The van der Waals surface area contributed by atoms with Gasteiger partial charge in [-0.15, -0.1) is 6.58 Å². The minimum Gasteiger partial charge on any atom is -0.493 e. The molecular formula is C28H29ClN2O4. The summed E-state index contributed by atoms with van der Waals surface area (Å²) in [7, 11) is 3.11. The number of amides is 2. The summed E-state index contributed by atoms with van der Waals surface area (Å²) in [6.45, 7) is 4.20. The van der Waals surface area contributed by atoms with Crippen molar-refractivity contribution >= 4 is 23.4 Å². The van der Waals surface area contributed by atoms with Crippen molar-refractivity contribution < 1.29 is 19.1 Å². The summed E-state index contributed by atoms with van der Waals surface area (Å²) in [6, 6.07) is 21.0. The quantitative estimate of drug-likeness (QED) is 0.384. The zero-order chi connectivity index (χ0) is 25.2. The van der Waals surface area contributed by atoms with E-state index in [0.717, 1.165) is 11.1 Å². The molecule has 35 heavy (non-hydrogen) atoms. The Bertz CT molecular complexity index is 1150. The topological polar surface area (TPSA) is 67.9 Å². The minimum absolute atomic E-state index is 0.0754. The van der Waals surface area contributed by atoms with E-state index in [-0.39, 0.29) is 24.8 Å². The Morgan fingerprint density at radius 2 is 1.63 bits per heavy atom. The summed E-state index contributed by atoms with van der Waals surface area (Å²) >= 11 is 6.06. The lowest BCUT2D eigenvalue weighted by atomic mass is 10.0. The molecule has 3 aromatic rings. The fraction of sp³-hybridized carbons (Fsp3) is 0.214. The molecule has 0 heterocycles. The molecule has 0 saturated carbocycles. The summed E-state index contributed by atoms with van der Waals surface area (Å²) in [5.74, 6) is 0.610. The van der Waals surface area contributed by atoms with E-state index in [0.29, 0.717) is 28.6 Å². The number of rotatable bonds is 11. The predicted molar refractivity (Wildman–Crippen MR) is 138 cm³/mol. The standard InChI is InChI=1S/C28H29ClN2O4/c1-4-16-30-28(33)27(22-8-6-5-7-9-22)31(19-20-10-13-23(29)14-11-20)26(32)18-21-12-15-24(34-2)25(17-21)35-3/h4-15,17,27H,1,16,18-19H2,2-3H3,(H,30,33)/t27-/m1/s1. The highest BCUT2D eigenvalue weighted by Gasteiger charge is 2.31. The molecule has 0 radical (unpaired) electrons. The van der Waals surface area contributed by atoms with Crippen molar-refractivity contribution in [1.82, 2.24) is 10.2 Å². The molecule has 0 aliphatic heterocycles. The van der Waals surface area contributed by atoms with Crippen LogP contribution in [0.15, 0.2) is 85.5 Å². The number of hydrogen-bond donors (Lipinski definition) is 1. The first kappa shape index (κ1) is 25.8. The van der Waals surface area contributed by atoms with Crippen LogP contribution in [0.3, 0.4) is 0 Å². The van der Waals surface area contributed by atoms with Crippen molar-refractivity contribution in [3.63, 3.8) is 0 Å². The summed E-state index contributed by atoms with van der Waals surface area (Å²) in [4.78, 5) is 28.7. The van der Waals surface area contributed by atoms with Crippen LogP contribution in [0.5, 0.6) is 11.5 Å². The molecule has 1 atom stereocenters. The monoisotopic (exact) mass is 492 g/mol. The Kier molecular flexibility index (Phi) is 9.32. The van der Waals surface area contributed by atoms with Gasteiger partial charge >= 0.3 is 0 Å². The molecule has 6 nitrogen and oxygen atoms in total. The average molecular weight is 493 g/mol. The second kappa shape index (κ2) is 12.6. The van der Waals surface area contributed by atoms with Crippen LogP contribution in [0.1, 0.15) is 22.7 Å². The number of halogens is 1. The van der Waals surface area contributed by atoms with E-state index < -0.39 is 6.04 Å². The third-order valence-corrected chi connectivity index (χ3v) is 5.74. The molecule has 2 amide bonds. The molecule has 0 fully saturated rings. The fourth-order valence-electron chi connectivity index (χ4n) is 3.75. The van der Waals surface area contributed by atoms with Gasteiger partial charge in [0, 0.05) is 18.1 Å². The Morgan fingerprint density at radius 3 is 2.26 bits per heavy atom. The highest BCUT2D eigenvalue weighted by Crippen LogP contribution is 2.29. The maximum Gasteiger partial charge on any atom is 0.247 e. The van der Waals surface area contributed by atoms with Crippen molar-refractivity contribution in [3.05, 3.63) is 107 Å². The van der Waals surface area contributed by atoms with Gasteiger partial charge in [0.15, 0.2) is 11.5 Å². The first-order chi connectivity index (χ1) is 17.0. The first-order valence-electron chi connectivity index (χ1n) is 11.1. The van der Waals surface area contributed by atoms with Gasteiger partial charge in [0.25, 0.3) is 0 Å². The highest BCUT2D eigenvalue weighted by atomic mass is 35.5. The molecule has 1 N–H and O–H groups in total. The minimum atomic E-state index is -0.834. The Hall–Kier alpha value is -3.77. The predicted octanol–water partition coefficient (Wildman–Crippen LogP) is 4.97. The first-order valence-corrected chi connectivity index (χ1v) is 11.5. The smallest absolute Gasteiger partial charge is 0.247 e. The second-order valence-corrected chi connectivity index (χ2v) is 8.30. The van der Waals surface area contributed by atoms with E-state index in [4.69, 9.17) is 21.1 Å². The third-order valence-electron chi connectivity index (χ3n) is 5.49. The Labute approximate surface area is 211 Å². The number of benzene rings is 3. The average Bonchev–Trinajstić information content (AvgIpc) is 2.88. The molecule has 3 aromatic carbocycles. The van der Waals surface area contributed by atoms with E-state index >= 15 is 0 Å². The van der Waals surface area contributed by atoms with Crippen LogP contribution in [0.25, 0.3) is 0 Å². The fourth-order valence-corrected chi connectivity index (χ4v) is 3.88. The van der Waals surface area contributed by atoms with Gasteiger partial charge in [-0.05, 0) is 41.0 Å². The molecule has 0 aromatic heterocycles. The van der Waals surface area contributed by atoms with Crippen LogP contribution in [-0.2, 0) is 22.6 Å². The number of methoxy groups -OCH3 is 2. The van der Waals surface area contributed by atoms with Crippen LogP contribution in [-0.4, -0.2) is 37.5 Å². The molecule has 7 heteroatoms. The second-order valence-electron chi connectivity index (χ2n) is 7.86. The molecule has 3 rings (SSSR count). The van der Waals surface area contributed by atoms with Crippen LogP contribution in [0.2, 0.25) is 5.02 Å². The molecule has 0 aliphatic rings. The van der Waals surface area contributed by atoms with E-state index in [1.807, 2.05) is 48.5 Å². The van der Waals surface area contributed by atoms with Crippen LogP contribution >= 0.6 is 11.6 Å². The van der Waals surface area contributed by atoms with Gasteiger partial charge in [0.05, 0.1) is 20.6 Å². The SMILES string of the molecule is C=CCNC(=O)[C@@H](c1ccccc1)N(Cc1ccc(Cl)cc1)C(=O)Cc1ccc(OC)c(OC)c1. The Morgan fingerprint density at radius 1 is 0.971 bits per heavy atom. The van der Waals surface area contributed by atoms with Gasteiger partial charge in [-0.2, -0.15) is 0 Å². The number of hydrogen-bond acceptors (Lipinski definition) is 4. The summed E-state index contributed by atoms with van der Waals surface area (Å²) in [5, 5.41) is 3.45. The zero-order valence-corrected chi connectivity index (χ0v) is 20.6. The van der Waals surface area contributed by atoms with Gasteiger partial charge in [-0.25, -0.2) is 0 Å². The van der Waals surface area contributed by atoms with Gasteiger partial charge in [0.2, 0.25) is 11.8 Å². The van der Waals surface area contributed by atoms with Gasteiger partial charge in [-0.1, -0.05) is 66.2 Å². The number of nitrogens with one attached hydrogen (secondary N) is 1. The lowest BCUT2D eigenvalue weighted by Crippen LogP contribution is -2.44. The molecule has 0 unspecified atom stereocenters. The van der Waals surface area contributed by atoms with Crippen molar-refractivity contribution in [1.29, 1.82) is 0 Å². The van der Waals surface area contributed by atoms with E-state index in [2.05, 4.69) is 11.9 Å². The molecule has 0 spiro atoms. The molecular weight excluding hydrogens is 464 g/mol. The largest absolute Gasteiger partial charge is 0.493 e. The van der Waals surface area contributed by atoms with Crippen molar-refractivity contribution in [2.75, 3.05) is 20.8 Å². The zero-order valence-electron chi connectivity index (χ0n) is 19.9. The van der Waals surface area contributed by atoms with Crippen LogP contribution < -0.4 is 14.8 Å². The highest BCUT2D eigenvalue weighted by molar-refractivity contribution is 6.30. The Balaban J connectivity index is 2.00. The number of carbonyl (C=O) groups excluding carboxylic acids is 2. The van der Waals surface area contributed by atoms with Crippen molar-refractivity contribution in [3.8, 4) is 11.5 Å². The van der Waals surface area contributed by atoms with E-state index in [1.54, 1.807) is 49.5 Å².